The summed E-state index contributed by atoms with van der Waals surface area (Å²) in [7, 11) is 0. The average Bonchev–Trinajstić information content (AvgIpc) is 2.53. The fourth-order valence-corrected chi connectivity index (χ4v) is 2.79. The second-order valence-electron chi connectivity index (χ2n) is 6.59. The summed E-state index contributed by atoms with van der Waals surface area (Å²) in [4.78, 5) is 11.8. The number of carbonyl (C=O) groups excluding carboxylic acids is 1. The van der Waals surface area contributed by atoms with Crippen LogP contribution in [0.4, 0.5) is 0 Å². The Morgan fingerprint density at radius 1 is 0.727 bits per heavy atom. The van der Waals surface area contributed by atoms with Gasteiger partial charge < -0.3 is 4.74 Å². The first-order valence-corrected chi connectivity index (χ1v) is 9.94. The molecule has 0 aromatic carbocycles. The van der Waals surface area contributed by atoms with Crippen LogP contribution in [0.2, 0.25) is 0 Å². The maximum atomic E-state index is 11.8. The molecule has 2 nitrogen and oxygen atoms in total. The van der Waals surface area contributed by atoms with Crippen LogP contribution in [0.25, 0.3) is 0 Å². The predicted octanol–water partition coefficient (Wildman–Crippen LogP) is 6.81. The van der Waals surface area contributed by atoms with Gasteiger partial charge in [0.25, 0.3) is 0 Å². The zero-order valence-electron chi connectivity index (χ0n) is 15.5. The normalized spacial score (nSPS) is 12.3. The van der Waals surface area contributed by atoms with Crippen LogP contribution in [-0.2, 0) is 9.53 Å². The molecule has 0 heterocycles. The van der Waals surface area contributed by atoms with Crippen molar-refractivity contribution in [1.29, 1.82) is 0 Å². The molecule has 0 unspecified atom stereocenters. The van der Waals surface area contributed by atoms with Crippen LogP contribution in [-0.4, -0.2) is 12.1 Å². The number of ether oxygens (including phenoxy) is 1. The highest BCUT2D eigenvalue weighted by molar-refractivity contribution is 5.69. The van der Waals surface area contributed by atoms with Gasteiger partial charge in [0, 0.05) is 6.42 Å². The molecule has 1 atom stereocenters. The van der Waals surface area contributed by atoms with Gasteiger partial charge in [0.05, 0.1) is 0 Å². The van der Waals surface area contributed by atoms with Gasteiger partial charge in [0.2, 0.25) is 0 Å². The maximum Gasteiger partial charge on any atom is 0.306 e. The highest BCUT2D eigenvalue weighted by Crippen LogP contribution is 2.14. The van der Waals surface area contributed by atoms with E-state index in [0.717, 1.165) is 25.7 Å². The van der Waals surface area contributed by atoms with Crippen LogP contribution in [0, 0.1) is 0 Å². The molecule has 0 aromatic heterocycles. The lowest BCUT2D eigenvalue weighted by molar-refractivity contribution is -0.149. The monoisotopic (exact) mass is 312 g/mol. The first kappa shape index (κ1) is 21.5. The van der Waals surface area contributed by atoms with Crippen molar-refractivity contribution in [3.63, 3.8) is 0 Å². The van der Waals surface area contributed by atoms with Gasteiger partial charge in [-0.25, -0.2) is 0 Å². The molecule has 0 rings (SSSR count). The van der Waals surface area contributed by atoms with Gasteiger partial charge in [0.1, 0.15) is 6.10 Å². The SMILES string of the molecule is CCCCCCCCCC[C@H](CC)OC(=O)CCCCCC. The van der Waals surface area contributed by atoms with Crippen molar-refractivity contribution in [2.24, 2.45) is 0 Å². The van der Waals surface area contributed by atoms with Gasteiger partial charge in [-0.2, -0.15) is 0 Å². The van der Waals surface area contributed by atoms with Crippen molar-refractivity contribution in [3.8, 4) is 0 Å². The molecule has 0 aromatic rings. The summed E-state index contributed by atoms with van der Waals surface area (Å²) < 4.78 is 5.60. The van der Waals surface area contributed by atoms with E-state index >= 15 is 0 Å². The van der Waals surface area contributed by atoms with Crippen LogP contribution >= 0.6 is 0 Å². The van der Waals surface area contributed by atoms with Crippen molar-refractivity contribution >= 4 is 5.97 Å². The first-order valence-electron chi connectivity index (χ1n) is 9.94. The number of carbonyl (C=O) groups is 1. The van der Waals surface area contributed by atoms with Gasteiger partial charge in [-0.1, -0.05) is 85.0 Å². The largest absolute Gasteiger partial charge is 0.462 e. The van der Waals surface area contributed by atoms with Crippen LogP contribution in [0.15, 0.2) is 0 Å². The van der Waals surface area contributed by atoms with E-state index in [4.69, 9.17) is 4.74 Å². The molecular weight excluding hydrogens is 272 g/mol. The van der Waals surface area contributed by atoms with Crippen LogP contribution < -0.4 is 0 Å². The zero-order valence-corrected chi connectivity index (χ0v) is 15.5. The number of unbranched alkanes of at least 4 members (excludes halogenated alkanes) is 10. The lowest BCUT2D eigenvalue weighted by Gasteiger charge is -2.16. The van der Waals surface area contributed by atoms with E-state index in [-0.39, 0.29) is 12.1 Å². The summed E-state index contributed by atoms with van der Waals surface area (Å²) >= 11 is 0. The predicted molar refractivity (Wildman–Crippen MR) is 96.2 cm³/mol. The highest BCUT2D eigenvalue weighted by Gasteiger charge is 2.11. The Morgan fingerprint density at radius 2 is 1.23 bits per heavy atom. The molecule has 0 radical (unpaired) electrons. The summed E-state index contributed by atoms with van der Waals surface area (Å²) in [5, 5.41) is 0. The fourth-order valence-electron chi connectivity index (χ4n) is 2.79. The molecule has 0 aliphatic carbocycles. The third kappa shape index (κ3) is 14.4. The topological polar surface area (TPSA) is 26.3 Å². The molecule has 132 valence electrons. The Labute approximate surface area is 139 Å². The minimum atomic E-state index is 0.0162. The van der Waals surface area contributed by atoms with E-state index in [9.17, 15) is 4.79 Å². The van der Waals surface area contributed by atoms with Crippen LogP contribution in [0.5, 0.6) is 0 Å². The zero-order chi connectivity index (χ0) is 16.5. The quantitative estimate of drug-likeness (QED) is 0.231. The second kappa shape index (κ2) is 16.8. The van der Waals surface area contributed by atoms with Crippen molar-refractivity contribution in [2.75, 3.05) is 0 Å². The first-order chi connectivity index (χ1) is 10.7. The molecule has 0 N–H and O–H groups in total. The molecule has 2 heteroatoms. The lowest BCUT2D eigenvalue weighted by Crippen LogP contribution is -2.17. The molecule has 0 fully saturated rings. The van der Waals surface area contributed by atoms with Crippen molar-refractivity contribution in [1.82, 2.24) is 0 Å². The van der Waals surface area contributed by atoms with E-state index in [1.165, 1.54) is 64.2 Å². The third-order valence-electron chi connectivity index (χ3n) is 4.37. The van der Waals surface area contributed by atoms with Gasteiger partial charge in [-0.15, -0.1) is 0 Å². The molecular formula is C20H40O2. The van der Waals surface area contributed by atoms with Crippen LogP contribution in [0.3, 0.4) is 0 Å². The fraction of sp³-hybridized carbons (Fsp3) is 0.950. The molecule has 0 saturated carbocycles. The third-order valence-corrected chi connectivity index (χ3v) is 4.37. The molecule has 0 spiro atoms. The summed E-state index contributed by atoms with van der Waals surface area (Å²) in [5.41, 5.74) is 0. The molecule has 0 amide bonds. The number of hydrogen-bond donors (Lipinski definition) is 0. The standard InChI is InChI=1S/C20H40O2/c1-4-7-9-11-12-13-14-15-17-19(6-3)22-20(21)18-16-10-8-5-2/h19H,4-18H2,1-3H3/t19-/m0/s1. The smallest absolute Gasteiger partial charge is 0.306 e. The minimum absolute atomic E-state index is 0.0162. The number of hydrogen-bond acceptors (Lipinski definition) is 2. The summed E-state index contributed by atoms with van der Waals surface area (Å²) in [5.74, 6) is 0.0162. The van der Waals surface area contributed by atoms with E-state index in [1.807, 2.05) is 0 Å². The molecule has 0 bridgehead atoms. The lowest BCUT2D eigenvalue weighted by atomic mass is 10.0. The van der Waals surface area contributed by atoms with Crippen LogP contribution in [0.1, 0.15) is 117 Å². The second-order valence-corrected chi connectivity index (χ2v) is 6.59. The Bertz CT molecular complexity index is 238. The molecule has 22 heavy (non-hydrogen) atoms. The van der Waals surface area contributed by atoms with Crippen molar-refractivity contribution < 1.29 is 9.53 Å². The Morgan fingerprint density at radius 3 is 1.77 bits per heavy atom. The summed E-state index contributed by atoms with van der Waals surface area (Å²) in [6.07, 6.45) is 18.0. The van der Waals surface area contributed by atoms with E-state index in [1.54, 1.807) is 0 Å². The molecule has 0 aliphatic rings. The van der Waals surface area contributed by atoms with Gasteiger partial charge >= 0.3 is 5.97 Å². The van der Waals surface area contributed by atoms with Gasteiger partial charge in [0.15, 0.2) is 0 Å². The molecule has 0 saturated heterocycles. The number of esters is 1. The highest BCUT2D eigenvalue weighted by atomic mass is 16.5. The van der Waals surface area contributed by atoms with E-state index in [2.05, 4.69) is 20.8 Å². The van der Waals surface area contributed by atoms with E-state index < -0.39 is 0 Å². The summed E-state index contributed by atoms with van der Waals surface area (Å²) in [6.45, 7) is 6.57. The number of rotatable bonds is 16. The maximum absolute atomic E-state index is 11.8. The Balaban J connectivity index is 3.51. The molecule has 0 aliphatic heterocycles. The average molecular weight is 313 g/mol. The van der Waals surface area contributed by atoms with E-state index in [0.29, 0.717) is 6.42 Å². The summed E-state index contributed by atoms with van der Waals surface area (Å²) in [6, 6.07) is 0. The van der Waals surface area contributed by atoms with Crippen molar-refractivity contribution in [3.05, 3.63) is 0 Å². The van der Waals surface area contributed by atoms with Crippen molar-refractivity contribution in [2.45, 2.75) is 123 Å². The van der Waals surface area contributed by atoms with Gasteiger partial charge in [-0.05, 0) is 25.7 Å². The Kier molecular flexibility index (Phi) is 16.4. The minimum Gasteiger partial charge on any atom is -0.462 e. The van der Waals surface area contributed by atoms with Gasteiger partial charge in [-0.3, -0.25) is 4.79 Å². The Hall–Kier alpha value is -0.530.